The highest BCUT2D eigenvalue weighted by Gasteiger charge is 2.67. The Balaban J connectivity index is 1.58. The number of carbonyl (C=O) groups is 1. The predicted octanol–water partition coefficient (Wildman–Crippen LogP) is 3.72. The summed E-state index contributed by atoms with van der Waals surface area (Å²) < 4.78 is 17.7. The van der Waals surface area contributed by atoms with Gasteiger partial charge < -0.3 is 14.2 Å². The van der Waals surface area contributed by atoms with Crippen LogP contribution in [0.4, 0.5) is 0 Å². The molecule has 1 heterocycles. The van der Waals surface area contributed by atoms with E-state index in [-0.39, 0.29) is 11.3 Å². The summed E-state index contributed by atoms with van der Waals surface area (Å²) in [5.41, 5.74) is 2.33. The lowest BCUT2D eigenvalue weighted by Crippen LogP contribution is -2.55. The fraction of sp³-hybridized carbons (Fsp3) is 0.682. The highest BCUT2D eigenvalue weighted by molar-refractivity contribution is 5.89. The van der Waals surface area contributed by atoms with Gasteiger partial charge in [0, 0.05) is 24.2 Å². The van der Waals surface area contributed by atoms with Crippen LogP contribution in [0.3, 0.4) is 0 Å². The van der Waals surface area contributed by atoms with Crippen LogP contribution in [-0.2, 0) is 20.7 Å². The lowest BCUT2D eigenvalue weighted by molar-refractivity contribution is -0.235. The van der Waals surface area contributed by atoms with E-state index in [9.17, 15) is 4.79 Å². The van der Waals surface area contributed by atoms with E-state index in [0.29, 0.717) is 43.2 Å². The molecule has 1 aliphatic heterocycles. The Morgan fingerprint density at radius 2 is 2.00 bits per heavy atom. The SMILES string of the molecule is COc1ccc2c(c1)CC(C)[C@@H]1[C@@H]2C(=O)C[C@@]2(C)[C@H]1CCC21OCCO1. The maximum atomic E-state index is 13.4. The van der Waals surface area contributed by atoms with E-state index in [1.54, 1.807) is 7.11 Å². The molecule has 0 bridgehead atoms. The Morgan fingerprint density at radius 3 is 2.73 bits per heavy atom. The third-order valence-electron chi connectivity index (χ3n) is 7.85. The van der Waals surface area contributed by atoms with Crippen molar-refractivity contribution >= 4 is 5.78 Å². The van der Waals surface area contributed by atoms with Crippen molar-refractivity contribution in [3.05, 3.63) is 29.3 Å². The van der Waals surface area contributed by atoms with Crippen molar-refractivity contribution in [2.75, 3.05) is 20.3 Å². The average Bonchev–Trinajstić information content (AvgIpc) is 3.21. The number of hydrogen-bond donors (Lipinski definition) is 0. The van der Waals surface area contributed by atoms with Gasteiger partial charge in [0.25, 0.3) is 0 Å². The molecule has 4 heteroatoms. The summed E-state index contributed by atoms with van der Waals surface area (Å²) in [6, 6.07) is 6.26. The number of fused-ring (bicyclic) bond motifs is 6. The predicted molar refractivity (Wildman–Crippen MR) is 97.2 cm³/mol. The first kappa shape index (κ1) is 16.8. The van der Waals surface area contributed by atoms with E-state index < -0.39 is 5.79 Å². The summed E-state index contributed by atoms with van der Waals surface area (Å²) in [6.07, 6.45) is 3.60. The molecule has 1 unspecified atom stereocenters. The molecule has 0 aromatic heterocycles. The van der Waals surface area contributed by atoms with Gasteiger partial charge in [0.2, 0.25) is 0 Å². The highest BCUT2D eigenvalue weighted by atomic mass is 16.7. The van der Waals surface area contributed by atoms with Crippen molar-refractivity contribution in [3.8, 4) is 5.75 Å². The average molecular weight is 356 g/mol. The monoisotopic (exact) mass is 356 g/mol. The number of rotatable bonds is 1. The van der Waals surface area contributed by atoms with Crippen LogP contribution in [0.15, 0.2) is 18.2 Å². The molecular formula is C22H28O4. The second kappa shape index (κ2) is 5.56. The molecule has 1 saturated heterocycles. The normalized spacial score (nSPS) is 40.2. The molecule has 26 heavy (non-hydrogen) atoms. The molecule has 5 rings (SSSR count). The summed E-state index contributed by atoms with van der Waals surface area (Å²) in [7, 11) is 1.70. The molecule has 3 fully saturated rings. The van der Waals surface area contributed by atoms with Gasteiger partial charge in [-0.05, 0) is 53.9 Å². The van der Waals surface area contributed by atoms with Gasteiger partial charge in [0.1, 0.15) is 11.5 Å². The van der Waals surface area contributed by atoms with Crippen LogP contribution < -0.4 is 4.74 Å². The van der Waals surface area contributed by atoms with E-state index in [2.05, 4.69) is 26.0 Å². The molecule has 1 aromatic carbocycles. The van der Waals surface area contributed by atoms with Crippen molar-refractivity contribution in [1.29, 1.82) is 0 Å². The van der Waals surface area contributed by atoms with Crippen LogP contribution in [0.25, 0.3) is 0 Å². The van der Waals surface area contributed by atoms with Gasteiger partial charge in [-0.25, -0.2) is 0 Å². The summed E-state index contributed by atoms with van der Waals surface area (Å²) in [5, 5.41) is 0. The first-order valence-corrected chi connectivity index (χ1v) is 9.96. The first-order chi connectivity index (χ1) is 12.5. The van der Waals surface area contributed by atoms with E-state index in [1.165, 1.54) is 11.1 Å². The topological polar surface area (TPSA) is 44.8 Å². The van der Waals surface area contributed by atoms with Crippen molar-refractivity contribution in [2.24, 2.45) is 23.2 Å². The first-order valence-electron chi connectivity index (χ1n) is 9.96. The molecule has 1 aromatic rings. The van der Waals surface area contributed by atoms with Crippen molar-refractivity contribution < 1.29 is 19.0 Å². The second-order valence-corrected chi connectivity index (χ2v) is 8.96. The molecule has 0 radical (unpaired) electrons. The molecule has 5 atom stereocenters. The maximum Gasteiger partial charge on any atom is 0.174 e. The van der Waals surface area contributed by atoms with Crippen LogP contribution in [-0.4, -0.2) is 31.9 Å². The number of carbonyl (C=O) groups excluding carboxylic acids is 1. The molecule has 2 saturated carbocycles. The van der Waals surface area contributed by atoms with Gasteiger partial charge in [-0.15, -0.1) is 0 Å². The lowest BCUT2D eigenvalue weighted by Gasteiger charge is -2.53. The number of hydrogen-bond acceptors (Lipinski definition) is 4. The zero-order valence-electron chi connectivity index (χ0n) is 15.9. The zero-order valence-corrected chi connectivity index (χ0v) is 15.9. The third-order valence-corrected chi connectivity index (χ3v) is 7.85. The Hall–Kier alpha value is -1.39. The lowest BCUT2D eigenvalue weighted by atomic mass is 9.52. The van der Waals surface area contributed by atoms with Crippen LogP contribution in [0.1, 0.15) is 50.2 Å². The van der Waals surface area contributed by atoms with Gasteiger partial charge in [-0.3, -0.25) is 4.79 Å². The minimum atomic E-state index is -0.530. The molecule has 4 aliphatic rings. The van der Waals surface area contributed by atoms with E-state index in [4.69, 9.17) is 14.2 Å². The number of ether oxygens (including phenoxy) is 3. The smallest absolute Gasteiger partial charge is 0.174 e. The van der Waals surface area contributed by atoms with Crippen LogP contribution in [0.2, 0.25) is 0 Å². The minimum absolute atomic E-state index is 0.0225. The maximum absolute atomic E-state index is 13.4. The summed E-state index contributed by atoms with van der Waals surface area (Å²) in [4.78, 5) is 13.4. The van der Waals surface area contributed by atoms with Gasteiger partial charge in [0.05, 0.1) is 20.3 Å². The molecule has 3 aliphatic carbocycles. The Morgan fingerprint density at radius 1 is 1.23 bits per heavy atom. The Kier molecular flexibility index (Phi) is 3.58. The Labute approximate surface area is 155 Å². The number of benzene rings is 1. The van der Waals surface area contributed by atoms with Gasteiger partial charge in [-0.1, -0.05) is 19.9 Å². The Bertz CT molecular complexity index is 751. The van der Waals surface area contributed by atoms with E-state index in [0.717, 1.165) is 25.0 Å². The summed E-state index contributed by atoms with van der Waals surface area (Å²) in [6.45, 7) is 5.88. The fourth-order valence-electron chi connectivity index (χ4n) is 6.74. The third kappa shape index (κ3) is 2.00. The van der Waals surface area contributed by atoms with E-state index in [1.807, 2.05) is 6.07 Å². The quantitative estimate of drug-likeness (QED) is 0.769. The van der Waals surface area contributed by atoms with Crippen LogP contribution >= 0.6 is 0 Å². The summed E-state index contributed by atoms with van der Waals surface area (Å²) in [5.74, 6) is 2.09. The molecule has 0 amide bonds. The van der Waals surface area contributed by atoms with Gasteiger partial charge in [-0.2, -0.15) is 0 Å². The number of Topliss-reactive ketones (excluding diaryl/α,β-unsaturated/α-hetero) is 1. The standard InChI is InChI=1S/C22H28O4/c1-13-10-14-11-15(24-3)4-5-16(14)20-18(23)12-21(2)17(19(13)20)6-7-22(21)25-8-9-26-22/h4-5,11,13,17,19-20H,6-10,12H2,1-3H3/t13?,17-,19-,20-,21-/m0/s1. The minimum Gasteiger partial charge on any atom is -0.497 e. The highest BCUT2D eigenvalue weighted by Crippen LogP contribution is 2.66. The van der Waals surface area contributed by atoms with E-state index >= 15 is 0 Å². The second-order valence-electron chi connectivity index (χ2n) is 8.96. The number of ketones is 1. The van der Waals surface area contributed by atoms with Crippen molar-refractivity contribution in [3.63, 3.8) is 0 Å². The molecule has 1 spiro atoms. The molecular weight excluding hydrogens is 328 g/mol. The summed E-state index contributed by atoms with van der Waals surface area (Å²) >= 11 is 0. The van der Waals surface area contributed by atoms with Crippen molar-refractivity contribution in [2.45, 2.75) is 51.2 Å². The van der Waals surface area contributed by atoms with Gasteiger partial charge in [0.15, 0.2) is 5.79 Å². The molecule has 4 nitrogen and oxygen atoms in total. The van der Waals surface area contributed by atoms with Crippen LogP contribution in [0, 0.1) is 23.2 Å². The largest absolute Gasteiger partial charge is 0.497 e. The fourth-order valence-corrected chi connectivity index (χ4v) is 6.74. The molecule has 0 N–H and O–H groups in total. The number of methoxy groups -OCH3 is 1. The van der Waals surface area contributed by atoms with Crippen molar-refractivity contribution in [1.82, 2.24) is 0 Å². The zero-order chi connectivity index (χ0) is 18.1. The molecule has 140 valence electrons. The van der Waals surface area contributed by atoms with Crippen LogP contribution in [0.5, 0.6) is 5.75 Å². The van der Waals surface area contributed by atoms with Gasteiger partial charge >= 0.3 is 0 Å².